The molecule has 1 fully saturated rings. The molecule has 0 aliphatic carbocycles. The molecular weight excluding hydrogens is 328 g/mol. The van der Waals surface area contributed by atoms with Crippen LogP contribution in [0.3, 0.4) is 0 Å². The van der Waals surface area contributed by atoms with Gasteiger partial charge >= 0.3 is 0 Å². The number of thioether (sulfide) groups is 1. The minimum atomic E-state index is -1.86. The molecule has 0 amide bonds. The zero-order chi connectivity index (χ0) is 18.9. The third-order valence-corrected chi connectivity index (χ3v) is 7.68. The number of aliphatic hydroxyl groups is 4. The molecule has 24 heavy (non-hydrogen) atoms. The molecule has 5 nitrogen and oxygen atoms in total. The van der Waals surface area contributed by atoms with Gasteiger partial charge in [0.2, 0.25) is 0 Å². The third kappa shape index (κ3) is 3.38. The first-order valence-corrected chi connectivity index (χ1v) is 9.93. The van der Waals surface area contributed by atoms with E-state index >= 15 is 0 Å². The molecule has 2 unspecified atom stereocenters. The number of aliphatic hydroxyl groups excluding tert-OH is 1. The van der Waals surface area contributed by atoms with Crippen molar-refractivity contribution in [1.29, 1.82) is 0 Å². The van der Waals surface area contributed by atoms with E-state index in [4.69, 9.17) is 4.74 Å². The Hall–Kier alpha value is 0.150. The predicted molar refractivity (Wildman–Crippen MR) is 98.1 cm³/mol. The SMILES string of the molecule is CCCCCCCS[C@]1(C)OC(C)(CO)[C@@](C)(O)[C@@](C)(O)C1(C)O. The molecule has 0 spiro atoms. The van der Waals surface area contributed by atoms with Crippen molar-refractivity contribution >= 4 is 11.8 Å². The Morgan fingerprint density at radius 3 is 1.83 bits per heavy atom. The van der Waals surface area contributed by atoms with Crippen LogP contribution in [0.5, 0.6) is 0 Å². The van der Waals surface area contributed by atoms with Gasteiger partial charge in [0, 0.05) is 0 Å². The van der Waals surface area contributed by atoms with Crippen LogP contribution in [0.1, 0.15) is 73.6 Å². The van der Waals surface area contributed by atoms with Crippen LogP contribution in [-0.2, 0) is 4.74 Å². The second-order valence-electron chi connectivity index (χ2n) is 7.92. The van der Waals surface area contributed by atoms with E-state index in [1.807, 2.05) is 0 Å². The number of hydrogen-bond acceptors (Lipinski definition) is 6. The van der Waals surface area contributed by atoms with Crippen LogP contribution >= 0.6 is 11.8 Å². The van der Waals surface area contributed by atoms with Gasteiger partial charge in [-0.05, 0) is 46.8 Å². The van der Waals surface area contributed by atoms with Gasteiger partial charge < -0.3 is 25.2 Å². The van der Waals surface area contributed by atoms with Crippen LogP contribution < -0.4 is 0 Å². The Balaban J connectivity index is 2.96. The van der Waals surface area contributed by atoms with Gasteiger partial charge in [-0.3, -0.25) is 0 Å². The molecule has 1 saturated heterocycles. The van der Waals surface area contributed by atoms with Gasteiger partial charge in [-0.1, -0.05) is 32.6 Å². The molecule has 6 heteroatoms. The Morgan fingerprint density at radius 2 is 1.33 bits per heavy atom. The second-order valence-corrected chi connectivity index (χ2v) is 9.39. The van der Waals surface area contributed by atoms with E-state index in [-0.39, 0.29) is 0 Å². The van der Waals surface area contributed by atoms with Crippen LogP contribution in [0, 0.1) is 0 Å². The highest BCUT2D eigenvalue weighted by Gasteiger charge is 2.73. The van der Waals surface area contributed by atoms with Crippen molar-refractivity contribution in [2.24, 2.45) is 0 Å². The molecular formula is C18H36O5S. The lowest BCUT2D eigenvalue weighted by atomic mass is 9.62. The van der Waals surface area contributed by atoms with Crippen molar-refractivity contribution in [3.05, 3.63) is 0 Å². The monoisotopic (exact) mass is 364 g/mol. The van der Waals surface area contributed by atoms with E-state index < -0.39 is 33.9 Å². The van der Waals surface area contributed by atoms with Crippen molar-refractivity contribution in [2.45, 2.75) is 101 Å². The fraction of sp³-hybridized carbons (Fsp3) is 1.00. The number of unbranched alkanes of at least 4 members (excludes halogenated alkanes) is 4. The highest BCUT2D eigenvalue weighted by Crippen LogP contribution is 2.56. The van der Waals surface area contributed by atoms with Crippen LogP contribution in [0.25, 0.3) is 0 Å². The van der Waals surface area contributed by atoms with Gasteiger partial charge in [0.05, 0.1) is 6.61 Å². The standard InChI is InChI=1S/C18H36O5S/c1-7-8-9-10-11-12-24-18(6)17(5,22)16(4,21)15(3,20)14(2,13-19)23-18/h19-22H,7-13H2,1-6H3/t14?,15-,16-,17?,18+/m1/s1. The van der Waals surface area contributed by atoms with E-state index in [0.29, 0.717) is 0 Å². The minimum Gasteiger partial charge on any atom is -0.393 e. The smallest absolute Gasteiger partial charge is 0.143 e. The number of ether oxygens (including phenoxy) is 1. The first-order chi connectivity index (χ1) is 10.8. The summed E-state index contributed by atoms with van der Waals surface area (Å²) in [5.74, 6) is 0.774. The summed E-state index contributed by atoms with van der Waals surface area (Å²) in [5, 5.41) is 42.7. The Labute approximate surface area is 150 Å². The first kappa shape index (κ1) is 22.2. The lowest BCUT2D eigenvalue weighted by molar-refractivity contribution is -0.380. The van der Waals surface area contributed by atoms with E-state index in [0.717, 1.165) is 18.6 Å². The van der Waals surface area contributed by atoms with Gasteiger partial charge in [-0.2, -0.15) is 0 Å². The summed E-state index contributed by atoms with van der Waals surface area (Å²) >= 11 is 1.43. The Bertz CT molecular complexity index is 424. The molecule has 0 aromatic rings. The molecule has 1 aliphatic heterocycles. The topological polar surface area (TPSA) is 90.2 Å². The molecule has 1 rings (SSSR count). The number of rotatable bonds is 8. The lowest BCUT2D eigenvalue weighted by Gasteiger charge is -2.65. The second kappa shape index (κ2) is 7.41. The molecule has 5 atom stereocenters. The summed E-state index contributed by atoms with van der Waals surface area (Å²) in [5.41, 5.74) is -6.77. The largest absolute Gasteiger partial charge is 0.393 e. The maximum absolute atomic E-state index is 11.1. The molecule has 0 aromatic carbocycles. The summed E-state index contributed by atoms with van der Waals surface area (Å²) in [7, 11) is 0. The van der Waals surface area contributed by atoms with Crippen molar-refractivity contribution in [3.8, 4) is 0 Å². The Morgan fingerprint density at radius 1 is 0.792 bits per heavy atom. The maximum atomic E-state index is 11.1. The predicted octanol–water partition coefficient (Wildman–Crippen LogP) is 2.44. The summed E-state index contributed by atoms with van der Waals surface area (Å²) < 4.78 is 6.06. The van der Waals surface area contributed by atoms with Crippen LogP contribution in [0.4, 0.5) is 0 Å². The van der Waals surface area contributed by atoms with Crippen LogP contribution in [0.2, 0.25) is 0 Å². The summed E-state index contributed by atoms with van der Waals surface area (Å²) in [6.45, 7) is 9.29. The quantitative estimate of drug-likeness (QED) is 0.495. The van der Waals surface area contributed by atoms with E-state index in [1.54, 1.807) is 13.8 Å². The van der Waals surface area contributed by atoms with E-state index in [9.17, 15) is 20.4 Å². The zero-order valence-corrected chi connectivity index (χ0v) is 16.9. The molecule has 1 heterocycles. The van der Waals surface area contributed by atoms with Gasteiger partial charge in [0.15, 0.2) is 0 Å². The van der Waals surface area contributed by atoms with Crippen molar-refractivity contribution in [1.82, 2.24) is 0 Å². The minimum absolute atomic E-state index is 0.459. The van der Waals surface area contributed by atoms with Crippen molar-refractivity contribution in [3.63, 3.8) is 0 Å². The average Bonchev–Trinajstić information content (AvgIpc) is 2.48. The lowest BCUT2D eigenvalue weighted by Crippen LogP contribution is -2.83. The van der Waals surface area contributed by atoms with Crippen molar-refractivity contribution in [2.75, 3.05) is 12.4 Å². The number of hydrogen-bond donors (Lipinski definition) is 4. The zero-order valence-electron chi connectivity index (χ0n) is 16.1. The highest BCUT2D eigenvalue weighted by atomic mass is 32.2. The summed E-state index contributed by atoms with van der Waals surface area (Å²) in [6.07, 6.45) is 5.70. The molecule has 1 aliphatic rings. The van der Waals surface area contributed by atoms with Gasteiger partial charge in [-0.15, -0.1) is 11.8 Å². The molecule has 0 saturated carbocycles. The van der Waals surface area contributed by atoms with Crippen LogP contribution in [0.15, 0.2) is 0 Å². The molecule has 0 aromatic heterocycles. The van der Waals surface area contributed by atoms with Gasteiger partial charge in [0.1, 0.15) is 27.3 Å². The maximum Gasteiger partial charge on any atom is 0.143 e. The van der Waals surface area contributed by atoms with Crippen LogP contribution in [-0.4, -0.2) is 60.1 Å². The fourth-order valence-electron chi connectivity index (χ4n) is 3.39. The molecule has 0 radical (unpaired) electrons. The normalized spacial score (nSPS) is 46.2. The van der Waals surface area contributed by atoms with E-state index in [1.165, 1.54) is 51.8 Å². The average molecular weight is 365 g/mol. The fourth-order valence-corrected chi connectivity index (χ4v) is 4.85. The van der Waals surface area contributed by atoms with E-state index in [2.05, 4.69) is 6.92 Å². The van der Waals surface area contributed by atoms with Gasteiger partial charge in [0.25, 0.3) is 0 Å². The molecule has 4 N–H and O–H groups in total. The Kier molecular flexibility index (Phi) is 6.85. The van der Waals surface area contributed by atoms with Crippen molar-refractivity contribution < 1.29 is 25.2 Å². The molecule has 0 bridgehead atoms. The summed E-state index contributed by atoms with van der Waals surface area (Å²) in [4.78, 5) is -1.15. The summed E-state index contributed by atoms with van der Waals surface area (Å²) in [6, 6.07) is 0. The highest BCUT2D eigenvalue weighted by molar-refractivity contribution is 8.00. The first-order valence-electron chi connectivity index (χ1n) is 8.95. The molecule has 144 valence electrons. The third-order valence-electron chi connectivity index (χ3n) is 6.16. The van der Waals surface area contributed by atoms with Gasteiger partial charge in [-0.25, -0.2) is 0 Å².